The molecule has 158 valence electrons. The van der Waals surface area contributed by atoms with Gasteiger partial charge in [-0.05, 0) is 36.6 Å². The average molecular weight is 446 g/mol. The Labute approximate surface area is 184 Å². The molecule has 0 saturated carbocycles. The highest BCUT2D eigenvalue weighted by molar-refractivity contribution is 7.99. The van der Waals surface area contributed by atoms with Crippen LogP contribution in [0.1, 0.15) is 25.3 Å². The summed E-state index contributed by atoms with van der Waals surface area (Å²) in [5.41, 5.74) is 1.36. The molecule has 0 aliphatic rings. The van der Waals surface area contributed by atoms with Crippen LogP contribution in [0.5, 0.6) is 0 Å². The van der Waals surface area contributed by atoms with E-state index in [-0.39, 0.29) is 29.7 Å². The third kappa shape index (κ3) is 5.62. The van der Waals surface area contributed by atoms with Gasteiger partial charge in [0, 0.05) is 11.6 Å². The van der Waals surface area contributed by atoms with Gasteiger partial charge >= 0.3 is 0 Å². The minimum absolute atomic E-state index is 0.0966. The van der Waals surface area contributed by atoms with Gasteiger partial charge in [0.25, 0.3) is 5.56 Å². The molecule has 8 heteroatoms. The molecule has 3 aromatic rings. The molecule has 30 heavy (non-hydrogen) atoms. The van der Waals surface area contributed by atoms with Gasteiger partial charge in [0.05, 0.1) is 29.3 Å². The molecule has 0 unspecified atom stereocenters. The fourth-order valence-electron chi connectivity index (χ4n) is 3.06. The van der Waals surface area contributed by atoms with E-state index in [4.69, 9.17) is 11.6 Å². The number of nitrogens with one attached hydrogen (secondary N) is 1. The summed E-state index contributed by atoms with van der Waals surface area (Å²) in [4.78, 5) is 29.8. The number of aliphatic hydroxyl groups excluding tert-OH is 1. The molecule has 1 amide bonds. The van der Waals surface area contributed by atoms with Crippen LogP contribution in [0.25, 0.3) is 10.9 Å². The molecular weight excluding hydrogens is 422 g/mol. The normalized spacial score (nSPS) is 13.2. The number of hydrogen-bond donors (Lipinski definition) is 2. The highest BCUT2D eigenvalue weighted by Gasteiger charge is 2.15. The van der Waals surface area contributed by atoms with Crippen LogP contribution in [-0.4, -0.2) is 39.0 Å². The van der Waals surface area contributed by atoms with Crippen molar-refractivity contribution in [3.8, 4) is 0 Å². The van der Waals surface area contributed by atoms with Gasteiger partial charge in [0.2, 0.25) is 5.91 Å². The zero-order valence-electron chi connectivity index (χ0n) is 16.8. The molecule has 2 atom stereocenters. The van der Waals surface area contributed by atoms with Crippen LogP contribution in [0.4, 0.5) is 0 Å². The molecule has 0 aliphatic carbocycles. The van der Waals surface area contributed by atoms with Crippen molar-refractivity contribution in [3.63, 3.8) is 0 Å². The summed E-state index contributed by atoms with van der Waals surface area (Å²) in [6.45, 7) is 4.27. The van der Waals surface area contributed by atoms with E-state index < -0.39 is 6.10 Å². The molecule has 1 heterocycles. The number of aliphatic hydroxyl groups is 1. The molecule has 0 bridgehead atoms. The number of rotatable bonds is 8. The smallest absolute Gasteiger partial charge is 0.262 e. The quantitative estimate of drug-likeness (QED) is 0.410. The first-order valence-corrected chi connectivity index (χ1v) is 11.0. The Morgan fingerprint density at radius 2 is 1.97 bits per heavy atom. The minimum Gasteiger partial charge on any atom is -0.392 e. The van der Waals surface area contributed by atoms with Gasteiger partial charge in [-0.1, -0.05) is 60.6 Å². The molecule has 3 rings (SSSR count). The van der Waals surface area contributed by atoms with Crippen molar-refractivity contribution in [1.82, 2.24) is 14.9 Å². The Bertz CT molecular complexity index is 1090. The average Bonchev–Trinajstić information content (AvgIpc) is 2.73. The highest BCUT2D eigenvalue weighted by Crippen LogP contribution is 2.21. The molecule has 0 radical (unpaired) electrons. The first kappa shape index (κ1) is 22.3. The molecule has 6 nitrogen and oxygen atoms in total. The lowest BCUT2D eigenvalue weighted by atomic mass is 10.0. The first-order valence-electron chi connectivity index (χ1n) is 9.67. The molecule has 0 saturated heterocycles. The summed E-state index contributed by atoms with van der Waals surface area (Å²) in [5, 5.41) is 14.0. The lowest BCUT2D eigenvalue weighted by Crippen LogP contribution is -2.30. The van der Waals surface area contributed by atoms with Crippen LogP contribution in [-0.2, 0) is 11.3 Å². The minimum atomic E-state index is -0.728. The van der Waals surface area contributed by atoms with Gasteiger partial charge < -0.3 is 10.4 Å². The number of hydrogen-bond acceptors (Lipinski definition) is 5. The number of aromatic nitrogens is 2. The van der Waals surface area contributed by atoms with Crippen molar-refractivity contribution in [2.24, 2.45) is 0 Å². The molecule has 2 aromatic carbocycles. The first-order chi connectivity index (χ1) is 14.3. The molecule has 2 N–H and O–H groups in total. The van der Waals surface area contributed by atoms with E-state index in [9.17, 15) is 14.7 Å². The summed E-state index contributed by atoms with van der Waals surface area (Å²) >= 11 is 7.20. The summed E-state index contributed by atoms with van der Waals surface area (Å²) in [6, 6.07) is 14.9. The Balaban J connectivity index is 1.72. The zero-order valence-corrected chi connectivity index (χ0v) is 18.4. The summed E-state index contributed by atoms with van der Waals surface area (Å²) in [7, 11) is 0. The molecule has 1 aromatic heterocycles. The van der Waals surface area contributed by atoms with Crippen LogP contribution < -0.4 is 10.9 Å². The van der Waals surface area contributed by atoms with Crippen molar-refractivity contribution in [1.29, 1.82) is 0 Å². The van der Waals surface area contributed by atoms with E-state index in [1.165, 1.54) is 16.3 Å². The molecular formula is C22H24ClN3O3S. The maximum absolute atomic E-state index is 12.9. The Kier molecular flexibility index (Phi) is 7.53. The van der Waals surface area contributed by atoms with Gasteiger partial charge in [-0.2, -0.15) is 0 Å². The van der Waals surface area contributed by atoms with E-state index in [0.717, 1.165) is 5.56 Å². The Hall–Kier alpha value is -2.35. The molecule has 0 spiro atoms. The van der Waals surface area contributed by atoms with Gasteiger partial charge in [-0.25, -0.2) is 4.98 Å². The third-order valence-corrected chi connectivity index (χ3v) is 5.85. The predicted molar refractivity (Wildman–Crippen MR) is 121 cm³/mol. The highest BCUT2D eigenvalue weighted by atomic mass is 35.5. The number of thioether (sulfide) groups is 1. The second kappa shape index (κ2) is 10.1. The lowest BCUT2D eigenvalue weighted by Gasteiger charge is -2.15. The van der Waals surface area contributed by atoms with E-state index in [1.807, 2.05) is 30.3 Å². The Morgan fingerprint density at radius 3 is 2.67 bits per heavy atom. The van der Waals surface area contributed by atoms with Crippen LogP contribution in [0.15, 0.2) is 58.5 Å². The predicted octanol–water partition coefficient (Wildman–Crippen LogP) is 3.44. The van der Waals surface area contributed by atoms with Crippen molar-refractivity contribution in [2.45, 2.75) is 37.6 Å². The summed E-state index contributed by atoms with van der Waals surface area (Å²) in [5.74, 6) is 0.154. The zero-order chi connectivity index (χ0) is 21.7. The lowest BCUT2D eigenvalue weighted by molar-refractivity contribution is -0.118. The van der Waals surface area contributed by atoms with Crippen molar-refractivity contribution >= 4 is 40.2 Å². The van der Waals surface area contributed by atoms with E-state index in [0.29, 0.717) is 27.6 Å². The number of amides is 1. The number of nitrogens with zero attached hydrogens (tertiary/aromatic N) is 2. The van der Waals surface area contributed by atoms with Crippen molar-refractivity contribution in [3.05, 3.63) is 69.5 Å². The second-order valence-electron chi connectivity index (χ2n) is 7.23. The van der Waals surface area contributed by atoms with Crippen molar-refractivity contribution in [2.75, 3.05) is 12.3 Å². The van der Waals surface area contributed by atoms with Gasteiger partial charge in [-0.3, -0.25) is 14.2 Å². The number of halogens is 1. The molecule has 0 fully saturated rings. The van der Waals surface area contributed by atoms with Gasteiger partial charge in [-0.15, -0.1) is 0 Å². The standard InChI is InChI=1S/C22H24ClN3O3S/c1-14(16-6-4-3-5-7-16)11-24-20(28)13-30-22-25-19-10-17(23)8-9-18(19)21(29)26(22)12-15(2)27/h3-10,14-15,27H,11-13H2,1-2H3,(H,24,28)/t14-,15-/m1/s1. The van der Waals surface area contributed by atoms with Gasteiger partial charge in [0.15, 0.2) is 5.16 Å². The molecule has 0 aliphatic heterocycles. The van der Waals surface area contributed by atoms with Gasteiger partial charge in [0.1, 0.15) is 0 Å². The SMILES string of the molecule is C[C@H](CNC(=O)CSc1nc2cc(Cl)ccc2c(=O)n1C[C@@H](C)O)c1ccccc1. The van der Waals surface area contributed by atoms with Crippen LogP contribution >= 0.6 is 23.4 Å². The van der Waals surface area contributed by atoms with E-state index >= 15 is 0 Å². The largest absolute Gasteiger partial charge is 0.392 e. The fourth-order valence-corrected chi connectivity index (χ4v) is 4.06. The van der Waals surface area contributed by atoms with E-state index in [2.05, 4.69) is 17.2 Å². The van der Waals surface area contributed by atoms with Crippen LogP contribution in [0, 0.1) is 0 Å². The maximum Gasteiger partial charge on any atom is 0.262 e. The number of benzene rings is 2. The van der Waals surface area contributed by atoms with E-state index in [1.54, 1.807) is 25.1 Å². The number of carbonyl (C=O) groups is 1. The fraction of sp³-hybridized carbons (Fsp3) is 0.318. The monoisotopic (exact) mass is 445 g/mol. The van der Waals surface area contributed by atoms with Crippen molar-refractivity contribution < 1.29 is 9.90 Å². The topological polar surface area (TPSA) is 84.2 Å². The third-order valence-electron chi connectivity index (χ3n) is 4.64. The summed E-state index contributed by atoms with van der Waals surface area (Å²) in [6.07, 6.45) is -0.728. The maximum atomic E-state index is 12.9. The summed E-state index contributed by atoms with van der Waals surface area (Å²) < 4.78 is 1.41. The Morgan fingerprint density at radius 1 is 1.23 bits per heavy atom. The number of carbonyl (C=O) groups excluding carboxylic acids is 1. The second-order valence-corrected chi connectivity index (χ2v) is 8.60. The van der Waals surface area contributed by atoms with Crippen LogP contribution in [0.2, 0.25) is 5.02 Å². The number of fused-ring (bicyclic) bond motifs is 1. The van der Waals surface area contributed by atoms with Crippen LogP contribution in [0.3, 0.4) is 0 Å².